The van der Waals surface area contributed by atoms with E-state index in [1.54, 1.807) is 17.8 Å². The number of nitrogens with one attached hydrogen (secondary N) is 1. The lowest BCUT2D eigenvalue weighted by Crippen LogP contribution is -2.08. The molecule has 0 aliphatic carbocycles. The summed E-state index contributed by atoms with van der Waals surface area (Å²) in [5, 5.41) is 11.8. The summed E-state index contributed by atoms with van der Waals surface area (Å²) in [5.41, 5.74) is -0.130. The average Bonchev–Trinajstić information content (AvgIpc) is 2.46. The van der Waals surface area contributed by atoms with Crippen molar-refractivity contribution in [1.29, 1.82) is 5.26 Å². The Morgan fingerprint density at radius 2 is 1.67 bits per heavy atom. The van der Waals surface area contributed by atoms with Crippen LogP contribution in [0.25, 0.3) is 0 Å². The summed E-state index contributed by atoms with van der Waals surface area (Å²) in [4.78, 5) is 1.09. The van der Waals surface area contributed by atoms with Gasteiger partial charge in [-0.3, -0.25) is 0 Å². The molecule has 0 saturated heterocycles. The second-order valence-electron chi connectivity index (χ2n) is 4.22. The van der Waals surface area contributed by atoms with Gasteiger partial charge in [-0.1, -0.05) is 0 Å². The van der Waals surface area contributed by atoms with Crippen molar-refractivity contribution >= 4 is 23.1 Å². The van der Waals surface area contributed by atoms with E-state index in [0.29, 0.717) is 5.69 Å². The Hall–Kier alpha value is -2.13. The average molecular weight is 308 g/mol. The molecule has 0 aliphatic rings. The molecule has 0 heterocycles. The molecule has 0 bridgehead atoms. The number of hydrogen-bond donors (Lipinski definition) is 1. The maximum Gasteiger partial charge on any atom is 0.417 e. The Balaban J connectivity index is 2.27. The van der Waals surface area contributed by atoms with Crippen LogP contribution in [0.1, 0.15) is 11.1 Å². The molecule has 2 rings (SSSR count). The van der Waals surface area contributed by atoms with Gasteiger partial charge < -0.3 is 5.32 Å². The van der Waals surface area contributed by atoms with Gasteiger partial charge in [-0.25, -0.2) is 0 Å². The number of hydrogen-bond acceptors (Lipinski definition) is 3. The maximum atomic E-state index is 12.7. The normalized spacial score (nSPS) is 11.0. The summed E-state index contributed by atoms with van der Waals surface area (Å²) in [7, 11) is 0. The predicted molar refractivity (Wildman–Crippen MR) is 77.7 cm³/mol. The number of thioether (sulfide) groups is 1. The van der Waals surface area contributed by atoms with Crippen LogP contribution in [-0.2, 0) is 6.18 Å². The monoisotopic (exact) mass is 308 g/mol. The van der Waals surface area contributed by atoms with Crippen molar-refractivity contribution in [3.63, 3.8) is 0 Å². The van der Waals surface area contributed by atoms with E-state index < -0.39 is 17.3 Å². The first-order valence-electron chi connectivity index (χ1n) is 5.96. The molecule has 0 saturated carbocycles. The molecule has 2 aromatic carbocycles. The van der Waals surface area contributed by atoms with Gasteiger partial charge in [0.05, 0.1) is 17.2 Å². The molecule has 0 unspecified atom stereocenters. The van der Waals surface area contributed by atoms with Gasteiger partial charge in [0.1, 0.15) is 0 Å². The third kappa shape index (κ3) is 3.70. The van der Waals surface area contributed by atoms with E-state index in [-0.39, 0.29) is 0 Å². The fourth-order valence-electron chi connectivity index (χ4n) is 1.80. The Bertz CT molecular complexity index is 673. The fourth-order valence-corrected chi connectivity index (χ4v) is 2.21. The summed E-state index contributed by atoms with van der Waals surface area (Å²) in [6, 6.07) is 12.5. The van der Waals surface area contributed by atoms with Crippen molar-refractivity contribution in [2.24, 2.45) is 0 Å². The molecule has 6 heteroatoms. The minimum Gasteiger partial charge on any atom is -0.355 e. The smallest absolute Gasteiger partial charge is 0.355 e. The number of anilines is 2. The standard InChI is InChI=1S/C15H11F3N2S/c1-21-13-5-2-11(3-6-13)20-12-4-7-14(15(16,17)18)10(8-12)9-19/h2-8,20H,1H3. The number of halogens is 3. The topological polar surface area (TPSA) is 35.8 Å². The van der Waals surface area contributed by atoms with Crippen molar-refractivity contribution in [3.05, 3.63) is 53.6 Å². The Morgan fingerprint density at radius 1 is 1.05 bits per heavy atom. The third-order valence-electron chi connectivity index (χ3n) is 2.82. The fraction of sp³-hybridized carbons (Fsp3) is 0.133. The van der Waals surface area contributed by atoms with E-state index in [1.807, 2.05) is 30.5 Å². The lowest BCUT2D eigenvalue weighted by atomic mass is 10.1. The predicted octanol–water partition coefficient (Wildman–Crippen LogP) is 5.04. The quantitative estimate of drug-likeness (QED) is 0.807. The van der Waals surface area contributed by atoms with E-state index in [9.17, 15) is 13.2 Å². The Kier molecular flexibility index (Phi) is 4.43. The molecule has 0 atom stereocenters. The molecule has 0 aliphatic heterocycles. The van der Waals surface area contributed by atoms with Gasteiger partial charge in [0.25, 0.3) is 0 Å². The van der Waals surface area contributed by atoms with Crippen LogP contribution in [0.3, 0.4) is 0 Å². The molecule has 108 valence electrons. The molecular formula is C15H11F3N2S. The molecule has 1 N–H and O–H groups in total. The lowest BCUT2D eigenvalue weighted by Gasteiger charge is -2.12. The second kappa shape index (κ2) is 6.10. The molecule has 0 radical (unpaired) electrons. The Morgan fingerprint density at radius 3 is 2.19 bits per heavy atom. The molecule has 2 nitrogen and oxygen atoms in total. The van der Waals surface area contributed by atoms with Crippen molar-refractivity contribution in [2.45, 2.75) is 11.1 Å². The number of nitriles is 1. The van der Waals surface area contributed by atoms with Gasteiger partial charge in [-0.2, -0.15) is 18.4 Å². The largest absolute Gasteiger partial charge is 0.417 e. The van der Waals surface area contributed by atoms with E-state index in [4.69, 9.17) is 5.26 Å². The van der Waals surface area contributed by atoms with Crippen LogP contribution in [0.15, 0.2) is 47.4 Å². The first-order chi connectivity index (χ1) is 9.94. The van der Waals surface area contributed by atoms with E-state index in [0.717, 1.165) is 16.6 Å². The third-order valence-corrected chi connectivity index (χ3v) is 3.57. The zero-order valence-electron chi connectivity index (χ0n) is 11.0. The maximum absolute atomic E-state index is 12.7. The van der Waals surface area contributed by atoms with Gasteiger partial charge in [-0.15, -0.1) is 11.8 Å². The Labute approximate surface area is 124 Å². The first kappa shape index (κ1) is 15.3. The van der Waals surface area contributed by atoms with E-state index in [1.165, 1.54) is 12.1 Å². The summed E-state index contributed by atoms with van der Waals surface area (Å²) in [6.07, 6.45) is -2.57. The van der Waals surface area contributed by atoms with Crippen LogP contribution in [0.2, 0.25) is 0 Å². The number of rotatable bonds is 3. The van der Waals surface area contributed by atoms with E-state index >= 15 is 0 Å². The lowest BCUT2D eigenvalue weighted by molar-refractivity contribution is -0.137. The minimum absolute atomic E-state index is 0.395. The highest BCUT2D eigenvalue weighted by Crippen LogP contribution is 2.33. The van der Waals surface area contributed by atoms with Crippen LogP contribution in [-0.4, -0.2) is 6.26 Å². The first-order valence-corrected chi connectivity index (χ1v) is 7.19. The van der Waals surface area contributed by atoms with Crippen molar-refractivity contribution < 1.29 is 13.2 Å². The zero-order valence-corrected chi connectivity index (χ0v) is 11.8. The SMILES string of the molecule is CSc1ccc(Nc2ccc(C(F)(F)F)c(C#N)c2)cc1. The van der Waals surface area contributed by atoms with Gasteiger partial charge in [-0.05, 0) is 48.7 Å². The highest BCUT2D eigenvalue weighted by Gasteiger charge is 2.33. The number of alkyl halides is 3. The highest BCUT2D eigenvalue weighted by molar-refractivity contribution is 7.98. The van der Waals surface area contributed by atoms with Gasteiger partial charge in [0, 0.05) is 16.3 Å². The molecule has 21 heavy (non-hydrogen) atoms. The van der Waals surface area contributed by atoms with Crippen LogP contribution in [0.4, 0.5) is 24.5 Å². The number of benzene rings is 2. The van der Waals surface area contributed by atoms with Gasteiger partial charge in [0.15, 0.2) is 0 Å². The zero-order chi connectivity index (χ0) is 15.5. The van der Waals surface area contributed by atoms with Crippen molar-refractivity contribution in [1.82, 2.24) is 0 Å². The van der Waals surface area contributed by atoms with Crippen LogP contribution in [0.5, 0.6) is 0 Å². The van der Waals surface area contributed by atoms with Crippen LogP contribution < -0.4 is 5.32 Å². The summed E-state index contributed by atoms with van der Waals surface area (Å²) in [6.45, 7) is 0. The minimum atomic E-state index is -4.52. The van der Waals surface area contributed by atoms with Crippen LogP contribution >= 0.6 is 11.8 Å². The summed E-state index contributed by atoms with van der Waals surface area (Å²) >= 11 is 1.60. The highest BCUT2D eigenvalue weighted by atomic mass is 32.2. The van der Waals surface area contributed by atoms with E-state index in [2.05, 4.69) is 5.32 Å². The van der Waals surface area contributed by atoms with Crippen molar-refractivity contribution in [2.75, 3.05) is 11.6 Å². The molecule has 2 aromatic rings. The summed E-state index contributed by atoms with van der Waals surface area (Å²) < 4.78 is 38.1. The van der Waals surface area contributed by atoms with Gasteiger partial charge in [0.2, 0.25) is 0 Å². The number of nitrogens with zero attached hydrogens (tertiary/aromatic N) is 1. The molecular weight excluding hydrogens is 297 g/mol. The molecule has 0 aromatic heterocycles. The molecule has 0 amide bonds. The van der Waals surface area contributed by atoms with Crippen molar-refractivity contribution in [3.8, 4) is 6.07 Å². The van der Waals surface area contributed by atoms with Crippen LogP contribution in [0, 0.1) is 11.3 Å². The molecule has 0 spiro atoms. The summed E-state index contributed by atoms with van der Waals surface area (Å²) in [5.74, 6) is 0. The second-order valence-corrected chi connectivity index (χ2v) is 5.10. The van der Waals surface area contributed by atoms with Gasteiger partial charge >= 0.3 is 6.18 Å². The molecule has 0 fully saturated rings.